The van der Waals surface area contributed by atoms with E-state index in [2.05, 4.69) is 15.7 Å². The summed E-state index contributed by atoms with van der Waals surface area (Å²) in [7, 11) is 1.87. The molecule has 2 N–H and O–H groups in total. The van der Waals surface area contributed by atoms with Crippen LogP contribution >= 0.6 is 0 Å². The van der Waals surface area contributed by atoms with E-state index in [0.29, 0.717) is 6.67 Å². The first-order valence-corrected chi connectivity index (χ1v) is 4.86. The molecule has 0 atom stereocenters. The number of allylic oxidation sites excluding steroid dienone is 1. The highest BCUT2D eigenvalue weighted by Gasteiger charge is 2.03. The fourth-order valence-corrected chi connectivity index (χ4v) is 1.36. The molecule has 0 saturated heterocycles. The Morgan fingerprint density at radius 1 is 1.27 bits per heavy atom. The summed E-state index contributed by atoms with van der Waals surface area (Å²) in [4.78, 5) is 4.21. The van der Waals surface area contributed by atoms with Gasteiger partial charge in [-0.25, -0.2) is 5.43 Å². The largest absolute Gasteiger partial charge is 0.353 e. The van der Waals surface area contributed by atoms with Crippen LogP contribution in [-0.2, 0) is 0 Å². The molecule has 1 aliphatic heterocycles. The Morgan fingerprint density at radius 3 is 2.80 bits per heavy atom. The number of anilines is 1. The molecule has 0 saturated carbocycles. The first kappa shape index (κ1) is 9.73. The van der Waals surface area contributed by atoms with Crippen molar-refractivity contribution in [3.8, 4) is 0 Å². The van der Waals surface area contributed by atoms with Gasteiger partial charge in [-0.15, -0.1) is 0 Å². The van der Waals surface area contributed by atoms with E-state index in [1.165, 1.54) is 0 Å². The lowest BCUT2D eigenvalue weighted by Gasteiger charge is -2.21. The lowest BCUT2D eigenvalue weighted by atomic mass is 10.3. The summed E-state index contributed by atoms with van der Waals surface area (Å²) < 4.78 is 0. The minimum atomic E-state index is 0.649. The predicted octanol–water partition coefficient (Wildman–Crippen LogP) is 1.42. The molecule has 0 spiro atoms. The van der Waals surface area contributed by atoms with Gasteiger partial charge in [0.15, 0.2) is 0 Å². The molecule has 1 aromatic rings. The van der Waals surface area contributed by atoms with Gasteiger partial charge in [0.2, 0.25) is 0 Å². The number of aliphatic imine (C=N–C) groups is 1. The number of hydrazine groups is 1. The number of benzene rings is 1. The van der Waals surface area contributed by atoms with Gasteiger partial charge in [-0.3, -0.25) is 10.0 Å². The normalized spacial score (nSPS) is 15.0. The Bertz CT molecular complexity index is 369. The van der Waals surface area contributed by atoms with Crippen LogP contribution in [0, 0.1) is 0 Å². The molecular weight excluding hydrogens is 188 g/mol. The Kier molecular flexibility index (Phi) is 2.99. The van der Waals surface area contributed by atoms with Crippen molar-refractivity contribution in [2.75, 3.05) is 19.0 Å². The Labute approximate surface area is 89.3 Å². The van der Waals surface area contributed by atoms with E-state index in [9.17, 15) is 0 Å². The van der Waals surface area contributed by atoms with E-state index in [0.717, 1.165) is 11.4 Å². The van der Waals surface area contributed by atoms with Crippen LogP contribution in [0.15, 0.2) is 47.2 Å². The topological polar surface area (TPSA) is 39.7 Å². The molecule has 0 aliphatic carbocycles. The van der Waals surface area contributed by atoms with E-state index >= 15 is 0 Å². The highest BCUT2D eigenvalue weighted by molar-refractivity contribution is 5.83. The maximum absolute atomic E-state index is 4.21. The van der Waals surface area contributed by atoms with Crippen LogP contribution in [0.25, 0.3) is 0 Å². The van der Waals surface area contributed by atoms with Crippen LogP contribution < -0.4 is 10.7 Å². The summed E-state index contributed by atoms with van der Waals surface area (Å²) in [5, 5.41) is 5.18. The van der Waals surface area contributed by atoms with Crippen molar-refractivity contribution in [3.05, 3.63) is 42.2 Å². The van der Waals surface area contributed by atoms with Gasteiger partial charge in [-0.05, 0) is 12.1 Å². The second kappa shape index (κ2) is 4.61. The molecule has 4 heteroatoms. The molecule has 78 valence electrons. The molecule has 0 radical (unpaired) electrons. The third kappa shape index (κ3) is 2.57. The molecule has 0 bridgehead atoms. The minimum absolute atomic E-state index is 0.649. The van der Waals surface area contributed by atoms with Crippen molar-refractivity contribution >= 4 is 11.9 Å². The zero-order valence-corrected chi connectivity index (χ0v) is 8.64. The summed E-state index contributed by atoms with van der Waals surface area (Å²) in [5.74, 6) is 0. The summed E-state index contributed by atoms with van der Waals surface area (Å²) in [5.41, 5.74) is 5.06. The van der Waals surface area contributed by atoms with Crippen molar-refractivity contribution in [3.63, 3.8) is 0 Å². The van der Waals surface area contributed by atoms with Crippen molar-refractivity contribution < 1.29 is 0 Å². The third-order valence-corrected chi connectivity index (χ3v) is 2.11. The van der Waals surface area contributed by atoms with Crippen molar-refractivity contribution in [1.29, 1.82) is 0 Å². The number of para-hydroxylation sites is 1. The Hall–Kier alpha value is -1.81. The fourth-order valence-electron chi connectivity index (χ4n) is 1.36. The molecule has 1 heterocycles. The molecule has 1 aromatic carbocycles. The summed E-state index contributed by atoms with van der Waals surface area (Å²) in [6, 6.07) is 10.0. The van der Waals surface area contributed by atoms with E-state index < -0.39 is 0 Å². The van der Waals surface area contributed by atoms with Crippen LogP contribution in [0.2, 0.25) is 0 Å². The lowest BCUT2D eigenvalue weighted by molar-refractivity contribution is 0.304. The molecular formula is C11H14N4. The molecule has 0 aromatic heterocycles. The second-order valence-electron chi connectivity index (χ2n) is 3.22. The summed E-state index contributed by atoms with van der Waals surface area (Å²) in [6.07, 6.45) is 3.82. The lowest BCUT2D eigenvalue weighted by Crippen LogP contribution is -2.33. The van der Waals surface area contributed by atoms with Crippen molar-refractivity contribution in [1.82, 2.24) is 10.4 Å². The van der Waals surface area contributed by atoms with Gasteiger partial charge in [-0.2, -0.15) is 0 Å². The molecule has 0 fully saturated rings. The first-order valence-electron chi connectivity index (χ1n) is 4.86. The van der Waals surface area contributed by atoms with Crippen molar-refractivity contribution in [2.24, 2.45) is 4.99 Å². The van der Waals surface area contributed by atoms with Gasteiger partial charge in [0, 0.05) is 25.1 Å². The quantitative estimate of drug-likeness (QED) is 0.778. The monoisotopic (exact) mass is 202 g/mol. The Balaban J connectivity index is 2.06. The number of hydrogen-bond acceptors (Lipinski definition) is 4. The fraction of sp³-hybridized carbons (Fsp3) is 0.182. The zero-order valence-electron chi connectivity index (χ0n) is 8.64. The van der Waals surface area contributed by atoms with Crippen molar-refractivity contribution in [2.45, 2.75) is 0 Å². The number of nitrogens with one attached hydrogen (secondary N) is 2. The van der Waals surface area contributed by atoms with Crippen LogP contribution in [0.5, 0.6) is 0 Å². The number of nitrogens with zero attached hydrogens (tertiary/aromatic N) is 2. The van der Waals surface area contributed by atoms with Gasteiger partial charge >= 0.3 is 0 Å². The Morgan fingerprint density at radius 2 is 2.07 bits per heavy atom. The highest BCUT2D eigenvalue weighted by atomic mass is 15.5. The van der Waals surface area contributed by atoms with Crippen LogP contribution in [-0.4, -0.2) is 24.9 Å². The van der Waals surface area contributed by atoms with E-state index in [1.54, 1.807) is 0 Å². The van der Waals surface area contributed by atoms with Gasteiger partial charge in [0.25, 0.3) is 0 Å². The summed E-state index contributed by atoms with van der Waals surface area (Å²) in [6.45, 7) is 0.649. The van der Waals surface area contributed by atoms with Gasteiger partial charge in [0.05, 0.1) is 5.70 Å². The predicted molar refractivity (Wildman–Crippen MR) is 62.4 cm³/mol. The molecule has 4 nitrogen and oxygen atoms in total. The second-order valence-corrected chi connectivity index (χ2v) is 3.22. The highest BCUT2D eigenvalue weighted by Crippen LogP contribution is 2.09. The van der Waals surface area contributed by atoms with E-state index in [4.69, 9.17) is 0 Å². The van der Waals surface area contributed by atoms with Gasteiger partial charge in [0.1, 0.15) is 6.67 Å². The standard InChI is InChI=1S/C11H14N4/c1-12-15-8-11(7-13-9-15)14-10-5-3-2-4-6-10/h2-8,12,14H,9H2,1H3. The third-order valence-electron chi connectivity index (χ3n) is 2.11. The van der Waals surface area contributed by atoms with Crippen LogP contribution in [0.3, 0.4) is 0 Å². The minimum Gasteiger partial charge on any atom is -0.353 e. The van der Waals surface area contributed by atoms with Crippen LogP contribution in [0.4, 0.5) is 5.69 Å². The SMILES string of the molecule is CNN1C=C(Nc2ccccc2)C=NC1. The average Bonchev–Trinajstić information content (AvgIpc) is 2.31. The molecule has 0 unspecified atom stereocenters. The van der Waals surface area contributed by atoms with E-state index in [-0.39, 0.29) is 0 Å². The zero-order chi connectivity index (χ0) is 10.5. The molecule has 0 amide bonds. The number of hydrogen-bond donors (Lipinski definition) is 2. The first-order chi connectivity index (χ1) is 7.38. The maximum Gasteiger partial charge on any atom is 0.124 e. The molecule has 2 rings (SSSR count). The number of rotatable bonds is 3. The average molecular weight is 202 g/mol. The van der Waals surface area contributed by atoms with Gasteiger partial charge in [-0.1, -0.05) is 18.2 Å². The smallest absolute Gasteiger partial charge is 0.124 e. The van der Waals surface area contributed by atoms with Crippen LogP contribution in [0.1, 0.15) is 0 Å². The summed E-state index contributed by atoms with van der Waals surface area (Å²) >= 11 is 0. The molecule has 1 aliphatic rings. The maximum atomic E-state index is 4.21. The molecule has 15 heavy (non-hydrogen) atoms. The van der Waals surface area contributed by atoms with E-state index in [1.807, 2.05) is 54.8 Å². The van der Waals surface area contributed by atoms with Gasteiger partial charge < -0.3 is 5.32 Å².